The number of amides is 4. The van der Waals surface area contributed by atoms with Crippen molar-refractivity contribution in [3.63, 3.8) is 0 Å². The average Bonchev–Trinajstić information content (AvgIpc) is 4.10. The minimum Gasteiger partial charge on any atom is -0.484 e. The molecule has 18 heteroatoms. The number of pyridine rings is 1. The van der Waals surface area contributed by atoms with Gasteiger partial charge in [-0.1, -0.05) is 55.3 Å². The monoisotopic (exact) mass is 879 g/mol. The van der Waals surface area contributed by atoms with Crippen LogP contribution >= 0.6 is 0 Å². The van der Waals surface area contributed by atoms with E-state index in [0.717, 1.165) is 18.6 Å². The van der Waals surface area contributed by atoms with Crippen molar-refractivity contribution < 1.29 is 54.7 Å². The van der Waals surface area contributed by atoms with E-state index in [0.29, 0.717) is 48.7 Å². The van der Waals surface area contributed by atoms with E-state index in [-0.39, 0.29) is 48.2 Å². The van der Waals surface area contributed by atoms with Gasteiger partial charge in [0.25, 0.3) is 5.91 Å². The summed E-state index contributed by atoms with van der Waals surface area (Å²) in [6.07, 6.45) is 0.963. The highest BCUT2D eigenvalue weighted by molar-refractivity contribution is 7.91. The number of halogens is 3. The number of ether oxygens (including phenoxy) is 2. The Bertz CT molecular complexity index is 2550. The Labute approximate surface area is 356 Å². The van der Waals surface area contributed by atoms with Gasteiger partial charge >= 0.3 is 12.3 Å². The van der Waals surface area contributed by atoms with Gasteiger partial charge in [0.15, 0.2) is 11.3 Å². The first kappa shape index (κ1) is 43.0. The summed E-state index contributed by atoms with van der Waals surface area (Å²) >= 11 is 0. The molecule has 8 rings (SSSR count). The van der Waals surface area contributed by atoms with E-state index in [4.69, 9.17) is 18.9 Å². The van der Waals surface area contributed by atoms with Crippen LogP contribution < -0.4 is 20.1 Å². The third-order valence-electron chi connectivity index (χ3n) is 11.6. The zero-order valence-corrected chi connectivity index (χ0v) is 35.2. The third-order valence-corrected chi connectivity index (χ3v) is 13.4. The Morgan fingerprint density at radius 2 is 1.76 bits per heavy atom. The fourth-order valence-electron chi connectivity index (χ4n) is 8.20. The number of nitrogens with zero attached hydrogens (tertiary/aromatic N) is 2. The lowest BCUT2D eigenvalue weighted by molar-refractivity contribution is -0.141. The highest BCUT2D eigenvalue weighted by Gasteiger charge is 2.62. The zero-order valence-electron chi connectivity index (χ0n) is 34.4. The smallest absolute Gasteiger partial charge is 0.416 e. The summed E-state index contributed by atoms with van der Waals surface area (Å²) in [7, 11) is -3.97. The molecule has 2 aliphatic heterocycles. The second kappa shape index (κ2) is 16.2. The van der Waals surface area contributed by atoms with E-state index in [1.807, 2.05) is 18.2 Å². The quantitative estimate of drug-likeness (QED) is 0.165. The zero-order chi connectivity index (χ0) is 44.2. The normalized spacial score (nSPS) is 25.5. The minimum atomic E-state index is -4.64. The number of benzene rings is 2. The van der Waals surface area contributed by atoms with Crippen LogP contribution in [0.4, 0.5) is 18.0 Å². The molecule has 2 aliphatic carbocycles. The lowest BCUT2D eigenvalue weighted by Gasteiger charge is -2.30. The van der Waals surface area contributed by atoms with Crippen LogP contribution in [0.1, 0.15) is 84.1 Å². The Balaban J connectivity index is 1.16. The van der Waals surface area contributed by atoms with Gasteiger partial charge in [0.05, 0.1) is 23.1 Å². The number of carbonyl (C=O) groups is 4. The van der Waals surface area contributed by atoms with Crippen LogP contribution in [0.3, 0.4) is 0 Å². The molecule has 3 N–H and O–H groups in total. The Morgan fingerprint density at radius 3 is 2.47 bits per heavy atom. The number of aromatic nitrogens is 1. The van der Waals surface area contributed by atoms with E-state index in [1.54, 1.807) is 51.1 Å². The van der Waals surface area contributed by atoms with Crippen molar-refractivity contribution >= 4 is 55.9 Å². The van der Waals surface area contributed by atoms with Crippen molar-refractivity contribution in [3.8, 4) is 17.0 Å². The molecule has 2 aromatic carbocycles. The maximum atomic E-state index is 14.7. The first-order valence-electron chi connectivity index (χ1n) is 20.8. The maximum Gasteiger partial charge on any atom is 0.416 e. The molecule has 1 saturated heterocycles. The summed E-state index contributed by atoms with van der Waals surface area (Å²) in [6, 6.07) is 11.3. The van der Waals surface area contributed by atoms with Crippen LogP contribution in [0.5, 0.6) is 5.75 Å². The predicted molar refractivity (Wildman–Crippen MR) is 221 cm³/mol. The summed E-state index contributed by atoms with van der Waals surface area (Å²) in [5.74, 6) is -2.63. The Hall–Kier alpha value is -5.65. The molecule has 2 aromatic heterocycles. The molecule has 4 amide bonds. The second-order valence-electron chi connectivity index (χ2n) is 17.6. The predicted octanol–water partition coefficient (Wildman–Crippen LogP) is 6.91. The van der Waals surface area contributed by atoms with Crippen LogP contribution in [0.15, 0.2) is 71.2 Å². The molecule has 3 fully saturated rings. The Morgan fingerprint density at radius 1 is 1.00 bits per heavy atom. The number of sulfonamides is 1. The fraction of sp³-hybridized carbons (Fsp3) is 0.477. The summed E-state index contributed by atoms with van der Waals surface area (Å²) in [4.78, 5) is 62.3. The maximum absolute atomic E-state index is 14.7. The van der Waals surface area contributed by atoms with Gasteiger partial charge in [0, 0.05) is 29.4 Å². The first-order valence-corrected chi connectivity index (χ1v) is 22.4. The SMILES string of the molecule is CC(C)(C)OC(=O)N[C@H]1CCCCC/C=C\[C@H]2C[C@@]2(C(=O)NS(=O)(=O)C2CC2)NC(=O)[C@@H]2C[C@@H](Oc3cc(-c4ccccc4)nc4c3oc3cc(C(F)(F)F)ccc34)CN2C1=O. The van der Waals surface area contributed by atoms with E-state index in [1.165, 1.54) is 11.0 Å². The molecule has 4 heterocycles. The number of nitrogens with one attached hydrogen (secondary N) is 3. The second-order valence-corrected chi connectivity index (χ2v) is 19.5. The molecule has 62 heavy (non-hydrogen) atoms. The number of alkyl carbamates (subject to hydrolysis) is 1. The van der Waals surface area contributed by atoms with Gasteiger partial charge in [-0.2, -0.15) is 13.2 Å². The summed E-state index contributed by atoms with van der Waals surface area (Å²) < 4.78 is 87.5. The average molecular weight is 880 g/mol. The highest BCUT2D eigenvalue weighted by Crippen LogP contribution is 2.46. The van der Waals surface area contributed by atoms with Crippen molar-refractivity contribution in [1.29, 1.82) is 0 Å². The molecule has 2 saturated carbocycles. The molecular formula is C44H48F3N5O9S. The van der Waals surface area contributed by atoms with E-state index in [9.17, 15) is 40.8 Å². The topological polar surface area (TPSA) is 186 Å². The van der Waals surface area contributed by atoms with Gasteiger partial charge in [-0.25, -0.2) is 18.2 Å². The number of carbonyl (C=O) groups excluding carboxylic acids is 4. The fourth-order valence-corrected chi connectivity index (χ4v) is 9.56. The van der Waals surface area contributed by atoms with Crippen LogP contribution in [-0.4, -0.2) is 83.2 Å². The summed E-state index contributed by atoms with van der Waals surface area (Å²) in [6.45, 7) is 4.87. The van der Waals surface area contributed by atoms with Gasteiger partial charge < -0.3 is 29.4 Å². The van der Waals surface area contributed by atoms with Gasteiger partial charge in [-0.15, -0.1) is 0 Å². The van der Waals surface area contributed by atoms with E-state index in [2.05, 4.69) is 15.4 Å². The number of hydrogen-bond donors (Lipinski definition) is 3. The van der Waals surface area contributed by atoms with Gasteiger partial charge in [0.2, 0.25) is 21.8 Å². The molecular weight excluding hydrogens is 832 g/mol. The Kier molecular flexibility index (Phi) is 11.3. The molecule has 0 unspecified atom stereocenters. The molecule has 5 atom stereocenters. The molecule has 0 bridgehead atoms. The van der Waals surface area contributed by atoms with Crippen molar-refractivity contribution in [2.75, 3.05) is 6.54 Å². The summed E-state index contributed by atoms with van der Waals surface area (Å²) in [5.41, 5.74) is -2.12. The van der Waals surface area contributed by atoms with Gasteiger partial charge in [-0.3, -0.25) is 19.1 Å². The molecule has 0 radical (unpaired) electrons. The molecule has 0 spiro atoms. The number of hydrogen-bond acceptors (Lipinski definition) is 10. The van der Waals surface area contributed by atoms with Crippen molar-refractivity contribution in [3.05, 3.63) is 72.3 Å². The van der Waals surface area contributed by atoms with Gasteiger partial charge in [-0.05, 0) is 77.5 Å². The first-order chi connectivity index (χ1) is 29.3. The van der Waals surface area contributed by atoms with Gasteiger partial charge in [0.1, 0.15) is 40.4 Å². The molecule has 330 valence electrons. The largest absolute Gasteiger partial charge is 0.484 e. The lowest BCUT2D eigenvalue weighted by Crippen LogP contribution is -2.58. The standard InChI is InChI=1S/C44H48F3N5O9S/c1-42(2,3)61-41(56)49-31-15-11-6-4-5-10-14-27-23-43(27,40(55)51-62(57,58)29-17-18-29)50-38(53)33-21-28(24-52(33)39(31)54)59-35-22-32(25-12-8-7-9-13-25)48-36-30-19-16-26(44(45,46)47)20-34(30)60-37(35)36/h7-10,12-14,16,19-20,22,27-29,31,33H,4-6,11,15,17-18,21,23-24H2,1-3H3,(H,49,56)(H,50,53)(H,51,55)/b14-10-/t27-,28+,31-,33-,43+/m0/s1. The van der Waals surface area contributed by atoms with Crippen LogP contribution in [0.2, 0.25) is 0 Å². The number of furan rings is 1. The molecule has 4 aromatic rings. The highest BCUT2D eigenvalue weighted by atomic mass is 32.2. The van der Waals surface area contributed by atoms with Crippen molar-refractivity contribution in [2.24, 2.45) is 5.92 Å². The van der Waals surface area contributed by atoms with E-state index < -0.39 is 86.1 Å². The van der Waals surface area contributed by atoms with E-state index >= 15 is 0 Å². The van der Waals surface area contributed by atoms with Crippen LogP contribution in [0.25, 0.3) is 33.3 Å². The summed E-state index contributed by atoms with van der Waals surface area (Å²) in [5, 5.41) is 5.15. The number of fused-ring (bicyclic) bond motifs is 5. The number of allylic oxidation sites excluding steroid dienone is 1. The van der Waals surface area contributed by atoms with Crippen molar-refractivity contribution in [2.45, 2.75) is 119 Å². The lowest BCUT2D eigenvalue weighted by atomic mass is 10.0. The molecule has 4 aliphatic rings. The van der Waals surface area contributed by atoms with Crippen molar-refractivity contribution in [1.82, 2.24) is 25.2 Å². The number of rotatable bonds is 7. The van der Waals surface area contributed by atoms with Crippen LogP contribution in [-0.2, 0) is 35.3 Å². The number of alkyl halides is 3. The minimum absolute atomic E-state index is 0.0452. The van der Waals surface area contributed by atoms with Crippen LogP contribution in [0, 0.1) is 5.92 Å². The third kappa shape index (κ3) is 9.10. The molecule has 14 nitrogen and oxygen atoms in total.